The Morgan fingerprint density at radius 2 is 1.83 bits per heavy atom. The number of hydrogen-bond donors (Lipinski definition) is 1. The number of halogens is 1. The average Bonchev–Trinajstić information content (AvgIpc) is 2.38. The minimum absolute atomic E-state index is 0.467. The van der Waals surface area contributed by atoms with Crippen LogP contribution in [0.25, 0.3) is 0 Å². The van der Waals surface area contributed by atoms with Gasteiger partial charge in [-0.15, -0.1) is 0 Å². The van der Waals surface area contributed by atoms with Crippen molar-refractivity contribution in [3.8, 4) is 0 Å². The van der Waals surface area contributed by atoms with E-state index in [-0.39, 0.29) is 0 Å². The van der Waals surface area contributed by atoms with Crippen LogP contribution in [0.4, 0.5) is 0 Å². The largest absolute Gasteiger partial charge is 0.310 e. The van der Waals surface area contributed by atoms with Crippen LogP contribution < -0.4 is 5.32 Å². The van der Waals surface area contributed by atoms with Crippen molar-refractivity contribution < 1.29 is 0 Å². The van der Waals surface area contributed by atoms with Gasteiger partial charge in [0.1, 0.15) is 0 Å². The number of aryl methyl sites for hydroxylation is 1. The molecule has 1 rings (SSSR count). The summed E-state index contributed by atoms with van der Waals surface area (Å²) in [5.41, 5.74) is 2.74. The molecule has 102 valence electrons. The fourth-order valence-electron chi connectivity index (χ4n) is 2.50. The van der Waals surface area contributed by atoms with Crippen LogP contribution >= 0.6 is 15.9 Å². The van der Waals surface area contributed by atoms with Gasteiger partial charge in [0.15, 0.2) is 0 Å². The lowest BCUT2D eigenvalue weighted by atomic mass is 9.88. The molecule has 0 saturated carbocycles. The van der Waals surface area contributed by atoms with E-state index in [0.717, 1.165) is 6.54 Å². The van der Waals surface area contributed by atoms with Crippen LogP contribution in [0.2, 0.25) is 0 Å². The van der Waals surface area contributed by atoms with E-state index in [2.05, 4.69) is 67.1 Å². The van der Waals surface area contributed by atoms with Crippen LogP contribution in [-0.4, -0.2) is 6.54 Å². The highest BCUT2D eigenvalue weighted by Crippen LogP contribution is 2.33. The lowest BCUT2D eigenvalue weighted by molar-refractivity contribution is 0.340. The number of benzene rings is 1. The number of rotatable bonds is 7. The van der Waals surface area contributed by atoms with Gasteiger partial charge in [-0.25, -0.2) is 0 Å². The molecule has 0 radical (unpaired) electrons. The molecule has 1 aromatic rings. The number of hydrogen-bond acceptors (Lipinski definition) is 1. The summed E-state index contributed by atoms with van der Waals surface area (Å²) in [5.74, 6) is 0.703. The third-order valence-corrected chi connectivity index (χ3v) is 4.77. The van der Waals surface area contributed by atoms with E-state index in [4.69, 9.17) is 0 Å². The van der Waals surface area contributed by atoms with E-state index in [1.54, 1.807) is 0 Å². The highest BCUT2D eigenvalue weighted by Gasteiger charge is 2.22. The normalized spacial score (nSPS) is 13.0. The second kappa shape index (κ2) is 7.96. The molecule has 0 aliphatic heterocycles. The van der Waals surface area contributed by atoms with Crippen molar-refractivity contribution in [3.63, 3.8) is 0 Å². The first-order valence-electron chi connectivity index (χ1n) is 7.14. The van der Waals surface area contributed by atoms with Crippen LogP contribution in [0.3, 0.4) is 0 Å². The lowest BCUT2D eigenvalue weighted by Crippen LogP contribution is -2.29. The molecule has 1 aromatic carbocycles. The molecule has 2 heteroatoms. The minimum atomic E-state index is 0.467. The van der Waals surface area contributed by atoms with E-state index in [0.29, 0.717) is 12.0 Å². The Balaban J connectivity index is 3.04. The fraction of sp³-hybridized carbons (Fsp3) is 0.625. The minimum Gasteiger partial charge on any atom is -0.310 e. The first kappa shape index (κ1) is 15.7. The summed E-state index contributed by atoms with van der Waals surface area (Å²) in [6, 6.07) is 7.05. The van der Waals surface area contributed by atoms with E-state index >= 15 is 0 Å². The third-order valence-electron chi connectivity index (χ3n) is 3.69. The molecule has 1 atom stereocenters. The molecule has 0 saturated heterocycles. The fourth-order valence-corrected chi connectivity index (χ4v) is 3.01. The Labute approximate surface area is 120 Å². The molecule has 0 aromatic heterocycles. The van der Waals surface area contributed by atoms with Gasteiger partial charge in [-0.3, -0.25) is 0 Å². The van der Waals surface area contributed by atoms with E-state index in [1.807, 2.05) is 0 Å². The van der Waals surface area contributed by atoms with Crippen LogP contribution in [0.1, 0.15) is 57.2 Å². The van der Waals surface area contributed by atoms with Crippen LogP contribution in [0.5, 0.6) is 0 Å². The second-order valence-electron chi connectivity index (χ2n) is 4.99. The summed E-state index contributed by atoms with van der Waals surface area (Å²) in [6.45, 7) is 10.1. The van der Waals surface area contributed by atoms with Gasteiger partial charge in [0.05, 0.1) is 0 Å². The predicted octanol–water partition coefficient (Wildman–Crippen LogP) is 5.23. The Morgan fingerprint density at radius 1 is 1.17 bits per heavy atom. The summed E-state index contributed by atoms with van der Waals surface area (Å²) < 4.78 is 1.27. The molecule has 1 unspecified atom stereocenters. The highest BCUT2D eigenvalue weighted by molar-refractivity contribution is 9.10. The molecule has 0 fully saturated rings. The Morgan fingerprint density at radius 3 is 2.39 bits per heavy atom. The van der Waals surface area contributed by atoms with Crippen LogP contribution in [0, 0.1) is 12.8 Å². The first-order chi connectivity index (χ1) is 8.65. The lowest BCUT2D eigenvalue weighted by Gasteiger charge is -2.28. The van der Waals surface area contributed by atoms with Crippen molar-refractivity contribution >= 4 is 15.9 Å². The zero-order valence-corrected chi connectivity index (χ0v) is 13.7. The summed E-state index contributed by atoms with van der Waals surface area (Å²) in [4.78, 5) is 0. The quantitative estimate of drug-likeness (QED) is 0.726. The van der Waals surface area contributed by atoms with Gasteiger partial charge in [-0.05, 0) is 36.9 Å². The highest BCUT2D eigenvalue weighted by atomic mass is 79.9. The van der Waals surface area contributed by atoms with Gasteiger partial charge in [0.2, 0.25) is 0 Å². The van der Waals surface area contributed by atoms with E-state index in [9.17, 15) is 0 Å². The first-order valence-corrected chi connectivity index (χ1v) is 7.93. The van der Waals surface area contributed by atoms with Gasteiger partial charge in [0.25, 0.3) is 0 Å². The Bertz CT molecular complexity index is 358. The van der Waals surface area contributed by atoms with Crippen LogP contribution in [0.15, 0.2) is 22.7 Å². The van der Waals surface area contributed by atoms with Crippen molar-refractivity contribution in [2.24, 2.45) is 5.92 Å². The summed E-state index contributed by atoms with van der Waals surface area (Å²) in [6.07, 6.45) is 3.62. The van der Waals surface area contributed by atoms with Gasteiger partial charge in [-0.1, -0.05) is 67.7 Å². The molecular formula is C16H26BrN. The molecular weight excluding hydrogens is 286 g/mol. The summed E-state index contributed by atoms with van der Waals surface area (Å²) >= 11 is 3.76. The van der Waals surface area contributed by atoms with Gasteiger partial charge in [-0.2, -0.15) is 0 Å². The topological polar surface area (TPSA) is 12.0 Å². The Hall–Kier alpha value is -0.340. The van der Waals surface area contributed by atoms with Gasteiger partial charge >= 0.3 is 0 Å². The molecule has 0 amide bonds. The third kappa shape index (κ3) is 3.83. The zero-order valence-electron chi connectivity index (χ0n) is 12.1. The maximum atomic E-state index is 3.76. The summed E-state index contributed by atoms with van der Waals surface area (Å²) in [7, 11) is 0. The average molecular weight is 312 g/mol. The molecule has 1 nitrogen and oxygen atoms in total. The molecule has 0 spiro atoms. The monoisotopic (exact) mass is 311 g/mol. The second-order valence-corrected chi connectivity index (χ2v) is 5.78. The molecule has 0 bridgehead atoms. The van der Waals surface area contributed by atoms with Crippen molar-refractivity contribution in [2.75, 3.05) is 6.54 Å². The van der Waals surface area contributed by atoms with Crippen molar-refractivity contribution in [2.45, 2.75) is 53.0 Å². The van der Waals surface area contributed by atoms with E-state index in [1.165, 1.54) is 34.9 Å². The van der Waals surface area contributed by atoms with Gasteiger partial charge in [0, 0.05) is 10.5 Å². The standard InChI is InChI=1S/C16H26BrN/c1-5-11-18-16(13(6-2)7-3)14-10-8-9-12(4)15(14)17/h8-10,13,16,18H,5-7,11H2,1-4H3. The molecule has 0 heterocycles. The maximum Gasteiger partial charge on any atom is 0.0359 e. The predicted molar refractivity (Wildman–Crippen MR) is 84.0 cm³/mol. The maximum absolute atomic E-state index is 3.76. The molecule has 18 heavy (non-hydrogen) atoms. The van der Waals surface area contributed by atoms with Crippen molar-refractivity contribution in [1.82, 2.24) is 5.32 Å². The summed E-state index contributed by atoms with van der Waals surface area (Å²) in [5, 5.41) is 3.73. The van der Waals surface area contributed by atoms with E-state index < -0.39 is 0 Å². The van der Waals surface area contributed by atoms with Crippen molar-refractivity contribution in [1.29, 1.82) is 0 Å². The van der Waals surface area contributed by atoms with Crippen molar-refractivity contribution in [3.05, 3.63) is 33.8 Å². The number of nitrogens with one attached hydrogen (secondary N) is 1. The zero-order chi connectivity index (χ0) is 13.5. The molecule has 1 N–H and O–H groups in total. The molecule has 0 aliphatic rings. The molecule has 0 aliphatic carbocycles. The SMILES string of the molecule is CCCNC(c1cccc(C)c1Br)C(CC)CC. The van der Waals surface area contributed by atoms with Crippen LogP contribution in [-0.2, 0) is 0 Å². The van der Waals surface area contributed by atoms with Gasteiger partial charge < -0.3 is 5.32 Å². The Kier molecular flexibility index (Phi) is 6.95. The smallest absolute Gasteiger partial charge is 0.0359 e.